The number of hydrogen-bond donors (Lipinski definition) is 1. The number of imidazole rings is 1. The van der Waals surface area contributed by atoms with E-state index >= 15 is 4.39 Å². The van der Waals surface area contributed by atoms with Crippen molar-refractivity contribution in [3.05, 3.63) is 100 Å². The van der Waals surface area contributed by atoms with Gasteiger partial charge in [-0.1, -0.05) is 65.7 Å². The minimum absolute atomic E-state index is 0.195. The maximum absolute atomic E-state index is 15.1. The lowest BCUT2D eigenvalue weighted by atomic mass is 10.0. The van der Waals surface area contributed by atoms with Crippen molar-refractivity contribution in [3.63, 3.8) is 0 Å². The number of rotatable bonds is 7. The molecule has 0 radical (unpaired) electrons. The van der Waals surface area contributed by atoms with Crippen LogP contribution in [0.15, 0.2) is 66.7 Å². The standard InChI is InChI=1S/C26H28FN3O/c1-18-7-11-20(12-8-18)15-22(17-31-3)30-25-23(27)5-4-6-24(25)29(26(30)28)16-21-13-9-19(2)10-14-21/h4-14,22,28H,15-17H2,1-3H3. The summed E-state index contributed by atoms with van der Waals surface area (Å²) in [6, 6.07) is 21.4. The van der Waals surface area contributed by atoms with Crippen molar-refractivity contribution >= 4 is 11.0 Å². The van der Waals surface area contributed by atoms with E-state index in [1.807, 2.05) is 10.6 Å². The van der Waals surface area contributed by atoms with Crippen LogP contribution < -0.4 is 5.62 Å². The molecule has 5 heteroatoms. The van der Waals surface area contributed by atoms with Gasteiger partial charge in [0.15, 0.2) is 0 Å². The molecule has 0 bridgehead atoms. The molecule has 1 unspecified atom stereocenters. The summed E-state index contributed by atoms with van der Waals surface area (Å²) in [4.78, 5) is 0. The number of ether oxygens (including phenoxy) is 1. The van der Waals surface area contributed by atoms with Crippen LogP contribution in [-0.4, -0.2) is 22.9 Å². The molecule has 31 heavy (non-hydrogen) atoms. The number of fused-ring (bicyclic) bond motifs is 1. The molecule has 1 atom stereocenters. The Kier molecular flexibility index (Phi) is 6.05. The predicted molar refractivity (Wildman–Crippen MR) is 122 cm³/mol. The van der Waals surface area contributed by atoms with Gasteiger partial charge in [-0.3, -0.25) is 5.41 Å². The van der Waals surface area contributed by atoms with Gasteiger partial charge in [-0.05, 0) is 43.5 Å². The van der Waals surface area contributed by atoms with Crippen LogP contribution in [0.4, 0.5) is 4.39 Å². The quantitative estimate of drug-likeness (QED) is 0.444. The van der Waals surface area contributed by atoms with E-state index in [0.717, 1.165) is 16.6 Å². The number of nitrogens with zero attached hydrogens (tertiary/aromatic N) is 2. The van der Waals surface area contributed by atoms with Crippen molar-refractivity contribution in [2.75, 3.05) is 13.7 Å². The normalized spacial score (nSPS) is 12.4. The molecule has 4 aromatic rings. The molecule has 0 saturated carbocycles. The second-order valence-corrected chi connectivity index (χ2v) is 8.17. The highest BCUT2D eigenvalue weighted by atomic mass is 19.1. The van der Waals surface area contributed by atoms with Gasteiger partial charge >= 0.3 is 0 Å². The average Bonchev–Trinajstić information content (AvgIpc) is 3.04. The Bertz CT molecular complexity index is 1240. The summed E-state index contributed by atoms with van der Waals surface area (Å²) in [5.74, 6) is -0.321. The van der Waals surface area contributed by atoms with E-state index in [4.69, 9.17) is 10.1 Å². The Balaban J connectivity index is 1.83. The third kappa shape index (κ3) is 4.32. The molecule has 1 heterocycles. The van der Waals surface area contributed by atoms with Crippen molar-refractivity contribution < 1.29 is 9.13 Å². The summed E-state index contributed by atoms with van der Waals surface area (Å²) in [5, 5.41) is 8.98. The first-order valence-corrected chi connectivity index (χ1v) is 10.5. The van der Waals surface area contributed by atoms with E-state index in [0.29, 0.717) is 25.1 Å². The first-order valence-electron chi connectivity index (χ1n) is 10.5. The van der Waals surface area contributed by atoms with Crippen LogP contribution in [0.1, 0.15) is 28.3 Å². The number of aromatic nitrogens is 2. The highest BCUT2D eigenvalue weighted by Gasteiger charge is 2.22. The zero-order valence-corrected chi connectivity index (χ0v) is 18.2. The van der Waals surface area contributed by atoms with Crippen LogP contribution in [0.25, 0.3) is 11.0 Å². The van der Waals surface area contributed by atoms with Crippen molar-refractivity contribution in [2.45, 2.75) is 32.9 Å². The van der Waals surface area contributed by atoms with Crippen molar-refractivity contribution in [2.24, 2.45) is 0 Å². The summed E-state index contributed by atoms with van der Waals surface area (Å²) in [7, 11) is 1.65. The van der Waals surface area contributed by atoms with Gasteiger partial charge in [-0.2, -0.15) is 0 Å². The van der Waals surface area contributed by atoms with Gasteiger partial charge in [0, 0.05) is 7.11 Å². The topological polar surface area (TPSA) is 42.9 Å². The zero-order chi connectivity index (χ0) is 22.0. The van der Waals surface area contributed by atoms with Crippen LogP contribution in [0.5, 0.6) is 0 Å². The van der Waals surface area contributed by atoms with E-state index in [1.165, 1.54) is 17.2 Å². The molecule has 0 aliphatic rings. The lowest BCUT2D eigenvalue weighted by molar-refractivity contribution is 0.154. The molecule has 1 N–H and O–H groups in total. The number of hydrogen-bond acceptors (Lipinski definition) is 2. The van der Waals surface area contributed by atoms with Crippen LogP contribution in [0.3, 0.4) is 0 Å². The van der Waals surface area contributed by atoms with Crippen molar-refractivity contribution in [1.29, 1.82) is 5.41 Å². The first kappa shape index (κ1) is 21.1. The molecular weight excluding hydrogens is 389 g/mol. The van der Waals surface area contributed by atoms with Crippen LogP contribution in [-0.2, 0) is 17.7 Å². The van der Waals surface area contributed by atoms with Gasteiger partial charge in [-0.15, -0.1) is 0 Å². The summed E-state index contributed by atoms with van der Waals surface area (Å²) in [6.07, 6.45) is 0.655. The van der Waals surface area contributed by atoms with Crippen molar-refractivity contribution in [3.8, 4) is 0 Å². The number of halogens is 1. The van der Waals surface area contributed by atoms with Crippen LogP contribution in [0, 0.1) is 25.1 Å². The number of methoxy groups -OCH3 is 1. The highest BCUT2D eigenvalue weighted by Crippen LogP contribution is 2.24. The van der Waals surface area contributed by atoms with E-state index in [9.17, 15) is 0 Å². The third-order valence-electron chi connectivity index (χ3n) is 5.76. The molecular formula is C26H28FN3O. The van der Waals surface area contributed by atoms with Gasteiger partial charge < -0.3 is 13.9 Å². The summed E-state index contributed by atoms with van der Waals surface area (Å²) < 4.78 is 24.2. The largest absolute Gasteiger partial charge is 0.383 e. The average molecular weight is 418 g/mol. The number of aryl methyl sites for hydroxylation is 2. The van der Waals surface area contributed by atoms with Gasteiger partial charge in [0.25, 0.3) is 0 Å². The van der Waals surface area contributed by atoms with E-state index < -0.39 is 0 Å². The molecule has 0 fully saturated rings. The molecule has 4 rings (SSSR count). The molecule has 0 aliphatic heterocycles. The molecule has 0 spiro atoms. The minimum Gasteiger partial charge on any atom is -0.383 e. The second-order valence-electron chi connectivity index (χ2n) is 8.17. The minimum atomic E-state index is -0.321. The first-order chi connectivity index (χ1) is 15.0. The Morgan fingerprint density at radius 2 is 1.52 bits per heavy atom. The van der Waals surface area contributed by atoms with Gasteiger partial charge in [0.2, 0.25) is 5.62 Å². The van der Waals surface area contributed by atoms with E-state index in [2.05, 4.69) is 62.4 Å². The molecule has 0 saturated heterocycles. The number of benzene rings is 3. The van der Waals surface area contributed by atoms with E-state index in [-0.39, 0.29) is 17.5 Å². The number of para-hydroxylation sites is 1. The smallest absolute Gasteiger partial charge is 0.203 e. The monoisotopic (exact) mass is 417 g/mol. The maximum Gasteiger partial charge on any atom is 0.203 e. The van der Waals surface area contributed by atoms with Crippen molar-refractivity contribution in [1.82, 2.24) is 9.13 Å². The number of nitrogens with one attached hydrogen (secondary N) is 1. The maximum atomic E-state index is 15.1. The van der Waals surface area contributed by atoms with Gasteiger partial charge in [0.05, 0.1) is 24.7 Å². The molecule has 160 valence electrons. The molecule has 3 aromatic carbocycles. The highest BCUT2D eigenvalue weighted by molar-refractivity contribution is 5.77. The Morgan fingerprint density at radius 3 is 2.13 bits per heavy atom. The van der Waals surface area contributed by atoms with Crippen LogP contribution >= 0.6 is 0 Å². The molecule has 1 aromatic heterocycles. The lowest BCUT2D eigenvalue weighted by Gasteiger charge is -2.19. The SMILES string of the molecule is COCC(Cc1ccc(C)cc1)n1c(=N)n(Cc2ccc(C)cc2)c2cccc(F)c21. The van der Waals surface area contributed by atoms with Gasteiger partial charge in [0.1, 0.15) is 11.3 Å². The summed E-state index contributed by atoms with van der Waals surface area (Å²) in [6.45, 7) is 5.01. The Hall–Kier alpha value is -3.18. The molecule has 0 amide bonds. The molecule has 0 aliphatic carbocycles. The third-order valence-corrected chi connectivity index (χ3v) is 5.76. The fourth-order valence-corrected chi connectivity index (χ4v) is 4.12. The Labute approximate surface area is 182 Å². The Morgan fingerprint density at radius 1 is 0.903 bits per heavy atom. The zero-order valence-electron chi connectivity index (χ0n) is 18.2. The second kappa shape index (κ2) is 8.90. The predicted octanol–water partition coefficient (Wildman–Crippen LogP) is 5.16. The molecule has 4 nitrogen and oxygen atoms in total. The lowest BCUT2D eigenvalue weighted by Crippen LogP contribution is -2.31. The van der Waals surface area contributed by atoms with E-state index in [1.54, 1.807) is 17.7 Å². The fourth-order valence-electron chi connectivity index (χ4n) is 4.12. The fraction of sp³-hybridized carbons (Fsp3) is 0.269. The van der Waals surface area contributed by atoms with Gasteiger partial charge in [-0.25, -0.2) is 4.39 Å². The summed E-state index contributed by atoms with van der Waals surface area (Å²) in [5.41, 5.74) is 6.04. The summed E-state index contributed by atoms with van der Waals surface area (Å²) >= 11 is 0. The van der Waals surface area contributed by atoms with Crippen LogP contribution in [0.2, 0.25) is 0 Å².